The van der Waals surface area contributed by atoms with Gasteiger partial charge in [-0.3, -0.25) is 0 Å². The van der Waals surface area contributed by atoms with Crippen LogP contribution in [-0.4, -0.2) is 18.1 Å². The standard InChI is InChI=1S/C7H14F2O/c1-5(2)6(3-4-10)7(8)9/h5-7,10H,3-4H2,1-2H3. The third-order valence-corrected chi connectivity index (χ3v) is 1.64. The predicted molar refractivity (Wildman–Crippen MR) is 36.0 cm³/mol. The lowest BCUT2D eigenvalue weighted by Crippen LogP contribution is -2.18. The van der Waals surface area contributed by atoms with Crippen molar-refractivity contribution < 1.29 is 13.9 Å². The van der Waals surface area contributed by atoms with Gasteiger partial charge in [-0.05, 0) is 12.3 Å². The zero-order valence-electron chi connectivity index (χ0n) is 6.35. The Labute approximate surface area is 60.1 Å². The van der Waals surface area contributed by atoms with Crippen molar-refractivity contribution in [1.29, 1.82) is 0 Å². The van der Waals surface area contributed by atoms with E-state index in [1.165, 1.54) is 0 Å². The van der Waals surface area contributed by atoms with Crippen LogP contribution in [0.4, 0.5) is 8.78 Å². The van der Waals surface area contributed by atoms with E-state index in [-0.39, 0.29) is 18.9 Å². The summed E-state index contributed by atoms with van der Waals surface area (Å²) in [6.45, 7) is 3.34. The Bertz CT molecular complexity index is 75.7. The third kappa shape index (κ3) is 3.11. The molecule has 0 saturated heterocycles. The van der Waals surface area contributed by atoms with Gasteiger partial charge in [-0.25, -0.2) is 8.78 Å². The lowest BCUT2D eigenvalue weighted by Gasteiger charge is -2.17. The van der Waals surface area contributed by atoms with Gasteiger partial charge in [0, 0.05) is 12.5 Å². The molecule has 0 rings (SSSR count). The van der Waals surface area contributed by atoms with Crippen LogP contribution in [0, 0.1) is 11.8 Å². The molecule has 0 amide bonds. The number of aliphatic hydroxyl groups is 1. The molecule has 0 aromatic heterocycles. The lowest BCUT2D eigenvalue weighted by atomic mass is 9.93. The molecular weight excluding hydrogens is 138 g/mol. The van der Waals surface area contributed by atoms with Gasteiger partial charge >= 0.3 is 0 Å². The van der Waals surface area contributed by atoms with E-state index in [4.69, 9.17) is 5.11 Å². The molecule has 1 nitrogen and oxygen atoms in total. The summed E-state index contributed by atoms with van der Waals surface area (Å²) < 4.78 is 24.1. The number of hydrogen-bond acceptors (Lipinski definition) is 1. The molecule has 3 heteroatoms. The van der Waals surface area contributed by atoms with Crippen molar-refractivity contribution in [2.75, 3.05) is 6.61 Å². The predicted octanol–water partition coefficient (Wildman–Crippen LogP) is 1.91. The molecule has 0 spiro atoms. The van der Waals surface area contributed by atoms with E-state index >= 15 is 0 Å². The Morgan fingerprint density at radius 3 is 1.90 bits per heavy atom. The van der Waals surface area contributed by atoms with Crippen LogP contribution in [0.1, 0.15) is 20.3 Å². The van der Waals surface area contributed by atoms with E-state index < -0.39 is 12.3 Å². The van der Waals surface area contributed by atoms with Gasteiger partial charge in [0.1, 0.15) is 0 Å². The van der Waals surface area contributed by atoms with Gasteiger partial charge < -0.3 is 5.11 Å². The van der Waals surface area contributed by atoms with Crippen LogP contribution >= 0.6 is 0 Å². The second kappa shape index (κ2) is 4.61. The monoisotopic (exact) mass is 152 g/mol. The zero-order valence-corrected chi connectivity index (χ0v) is 6.35. The van der Waals surface area contributed by atoms with Gasteiger partial charge in [0.15, 0.2) is 0 Å². The minimum Gasteiger partial charge on any atom is -0.396 e. The Hall–Kier alpha value is -0.180. The normalized spacial score (nSPS) is 14.7. The van der Waals surface area contributed by atoms with Crippen LogP contribution in [0.25, 0.3) is 0 Å². The number of halogens is 2. The first-order chi connectivity index (χ1) is 4.59. The Balaban J connectivity index is 3.73. The fourth-order valence-corrected chi connectivity index (χ4v) is 0.899. The highest BCUT2D eigenvalue weighted by Gasteiger charge is 2.22. The maximum atomic E-state index is 12.0. The van der Waals surface area contributed by atoms with Gasteiger partial charge in [-0.2, -0.15) is 0 Å². The van der Waals surface area contributed by atoms with Crippen molar-refractivity contribution in [3.8, 4) is 0 Å². The van der Waals surface area contributed by atoms with E-state index in [9.17, 15) is 8.78 Å². The van der Waals surface area contributed by atoms with Crippen molar-refractivity contribution in [1.82, 2.24) is 0 Å². The fourth-order valence-electron chi connectivity index (χ4n) is 0.899. The van der Waals surface area contributed by atoms with Gasteiger partial charge in [-0.15, -0.1) is 0 Å². The molecule has 0 aromatic rings. The molecule has 0 saturated carbocycles. The number of aliphatic hydroxyl groups excluding tert-OH is 1. The molecule has 0 bridgehead atoms. The quantitative estimate of drug-likeness (QED) is 0.652. The second-order valence-electron chi connectivity index (χ2n) is 2.75. The topological polar surface area (TPSA) is 20.2 Å². The Morgan fingerprint density at radius 1 is 1.30 bits per heavy atom. The SMILES string of the molecule is CC(C)C(CCO)C(F)F. The summed E-state index contributed by atoms with van der Waals surface area (Å²) in [7, 11) is 0. The molecule has 0 aliphatic carbocycles. The highest BCUT2D eigenvalue weighted by Crippen LogP contribution is 2.22. The number of hydrogen-bond donors (Lipinski definition) is 1. The first kappa shape index (κ1) is 9.82. The third-order valence-electron chi connectivity index (χ3n) is 1.64. The average molecular weight is 152 g/mol. The first-order valence-electron chi connectivity index (χ1n) is 3.48. The number of alkyl halides is 2. The molecule has 0 heterocycles. The Kier molecular flexibility index (Phi) is 4.52. The smallest absolute Gasteiger partial charge is 0.241 e. The van der Waals surface area contributed by atoms with Crippen LogP contribution < -0.4 is 0 Å². The molecule has 0 aliphatic rings. The van der Waals surface area contributed by atoms with E-state index in [0.717, 1.165) is 0 Å². The molecule has 0 radical (unpaired) electrons. The van der Waals surface area contributed by atoms with Gasteiger partial charge in [0.25, 0.3) is 0 Å². The van der Waals surface area contributed by atoms with E-state index in [0.29, 0.717) is 0 Å². The van der Waals surface area contributed by atoms with Crippen molar-refractivity contribution in [3.05, 3.63) is 0 Å². The molecule has 0 fully saturated rings. The van der Waals surface area contributed by atoms with E-state index in [1.54, 1.807) is 13.8 Å². The zero-order chi connectivity index (χ0) is 8.15. The Morgan fingerprint density at radius 2 is 1.80 bits per heavy atom. The van der Waals surface area contributed by atoms with Gasteiger partial charge in [0.05, 0.1) is 0 Å². The summed E-state index contributed by atoms with van der Waals surface area (Å²) in [4.78, 5) is 0. The van der Waals surface area contributed by atoms with E-state index in [1.807, 2.05) is 0 Å². The molecule has 1 N–H and O–H groups in total. The highest BCUT2D eigenvalue weighted by molar-refractivity contribution is 4.64. The molecule has 10 heavy (non-hydrogen) atoms. The van der Waals surface area contributed by atoms with Crippen LogP contribution in [0.2, 0.25) is 0 Å². The summed E-state index contributed by atoms with van der Waals surface area (Å²) in [5, 5.41) is 8.40. The van der Waals surface area contributed by atoms with Crippen LogP contribution in [0.3, 0.4) is 0 Å². The fraction of sp³-hybridized carbons (Fsp3) is 1.00. The van der Waals surface area contributed by atoms with Crippen molar-refractivity contribution >= 4 is 0 Å². The highest BCUT2D eigenvalue weighted by atomic mass is 19.3. The first-order valence-corrected chi connectivity index (χ1v) is 3.48. The minimum atomic E-state index is -2.30. The minimum absolute atomic E-state index is 0.0489. The van der Waals surface area contributed by atoms with Crippen molar-refractivity contribution in [3.63, 3.8) is 0 Å². The molecule has 1 atom stereocenters. The number of rotatable bonds is 4. The van der Waals surface area contributed by atoms with Crippen LogP contribution in [-0.2, 0) is 0 Å². The summed E-state index contributed by atoms with van der Waals surface area (Å²) in [5.41, 5.74) is 0. The summed E-state index contributed by atoms with van der Waals surface area (Å²) >= 11 is 0. The van der Waals surface area contributed by atoms with E-state index in [2.05, 4.69) is 0 Å². The van der Waals surface area contributed by atoms with Crippen LogP contribution in [0.15, 0.2) is 0 Å². The lowest BCUT2D eigenvalue weighted by molar-refractivity contribution is 0.0368. The molecular formula is C7H14F2O. The molecule has 62 valence electrons. The largest absolute Gasteiger partial charge is 0.396 e. The van der Waals surface area contributed by atoms with Gasteiger partial charge in [0.2, 0.25) is 6.43 Å². The molecule has 0 aliphatic heterocycles. The summed E-state index contributed by atoms with van der Waals surface area (Å²) in [5.74, 6) is -0.697. The van der Waals surface area contributed by atoms with Crippen LogP contribution in [0.5, 0.6) is 0 Å². The molecule has 1 unspecified atom stereocenters. The van der Waals surface area contributed by atoms with Crippen molar-refractivity contribution in [2.45, 2.75) is 26.7 Å². The summed E-state index contributed by atoms with van der Waals surface area (Å²) in [6, 6.07) is 0. The summed E-state index contributed by atoms with van der Waals surface area (Å²) in [6.07, 6.45) is -2.10. The maximum absolute atomic E-state index is 12.0. The maximum Gasteiger partial charge on any atom is 0.241 e. The average Bonchev–Trinajstić information content (AvgIpc) is 1.81. The van der Waals surface area contributed by atoms with Gasteiger partial charge in [-0.1, -0.05) is 13.8 Å². The molecule has 0 aromatic carbocycles. The van der Waals surface area contributed by atoms with Crippen molar-refractivity contribution in [2.24, 2.45) is 11.8 Å². The second-order valence-corrected chi connectivity index (χ2v) is 2.75.